The van der Waals surface area contributed by atoms with E-state index in [1.54, 1.807) is 12.3 Å². The maximum absolute atomic E-state index is 12.4. The molecule has 1 amide bonds. The van der Waals surface area contributed by atoms with Gasteiger partial charge < -0.3 is 5.32 Å². The topological polar surface area (TPSA) is 109 Å². The fourth-order valence-electron chi connectivity index (χ4n) is 2.42. The van der Waals surface area contributed by atoms with Gasteiger partial charge in [0.05, 0.1) is 23.5 Å². The summed E-state index contributed by atoms with van der Waals surface area (Å²) in [5.41, 5.74) is 2.82. The minimum Gasteiger partial charge on any atom is -0.325 e. The molecule has 0 saturated heterocycles. The molecule has 0 aliphatic heterocycles. The normalized spacial score (nSPS) is 10.6. The molecule has 4 rings (SSSR count). The molecule has 2 N–H and O–H groups in total. The van der Waals surface area contributed by atoms with Crippen molar-refractivity contribution in [1.82, 2.24) is 30.6 Å². The van der Waals surface area contributed by atoms with Crippen molar-refractivity contribution in [1.29, 1.82) is 0 Å². The van der Waals surface area contributed by atoms with Gasteiger partial charge in [-0.1, -0.05) is 18.2 Å². The summed E-state index contributed by atoms with van der Waals surface area (Å²) >= 11 is 1.47. The van der Waals surface area contributed by atoms with Crippen molar-refractivity contribution in [3.63, 3.8) is 0 Å². The van der Waals surface area contributed by atoms with E-state index in [9.17, 15) is 4.79 Å². The molecule has 3 aromatic heterocycles. The maximum Gasteiger partial charge on any atom is 0.230 e. The standard InChI is InChI=1S/C17H13N7OS/c25-15(9-11-10-26-17(19-11)14-7-3-4-8-18-14)20-13-6-2-1-5-12(13)16-21-23-24-22-16/h1-8,10H,9H2,(H,20,25)(H,21,22,23,24). The number of amides is 1. The lowest BCUT2D eigenvalue weighted by molar-refractivity contribution is -0.115. The van der Waals surface area contributed by atoms with Gasteiger partial charge in [0.1, 0.15) is 5.01 Å². The van der Waals surface area contributed by atoms with Gasteiger partial charge in [-0.3, -0.25) is 9.78 Å². The van der Waals surface area contributed by atoms with E-state index in [1.165, 1.54) is 11.3 Å². The molecule has 0 aliphatic rings. The number of nitrogens with one attached hydrogen (secondary N) is 2. The van der Waals surface area contributed by atoms with E-state index < -0.39 is 0 Å². The predicted octanol–water partition coefficient (Wildman–Crippen LogP) is 2.57. The highest BCUT2D eigenvalue weighted by molar-refractivity contribution is 7.13. The molecule has 0 unspecified atom stereocenters. The summed E-state index contributed by atoms with van der Waals surface area (Å²) in [6.45, 7) is 0. The van der Waals surface area contributed by atoms with Crippen LogP contribution in [0, 0.1) is 0 Å². The number of nitrogens with zero attached hydrogens (tertiary/aromatic N) is 5. The third kappa shape index (κ3) is 3.47. The second-order valence-electron chi connectivity index (χ2n) is 5.36. The number of H-pyrrole nitrogens is 1. The van der Waals surface area contributed by atoms with Crippen LogP contribution in [0.4, 0.5) is 5.69 Å². The number of pyridine rings is 1. The zero-order valence-corrected chi connectivity index (χ0v) is 14.3. The van der Waals surface area contributed by atoms with Gasteiger partial charge in [-0.2, -0.15) is 5.21 Å². The Morgan fingerprint density at radius 3 is 2.85 bits per heavy atom. The first kappa shape index (κ1) is 16.0. The number of aromatic nitrogens is 6. The van der Waals surface area contributed by atoms with Crippen molar-refractivity contribution in [3.8, 4) is 22.1 Å². The monoisotopic (exact) mass is 363 g/mol. The summed E-state index contributed by atoms with van der Waals surface area (Å²) in [6.07, 6.45) is 1.89. The molecule has 0 bridgehead atoms. The van der Waals surface area contributed by atoms with Gasteiger partial charge in [0.15, 0.2) is 0 Å². The van der Waals surface area contributed by atoms with Gasteiger partial charge in [-0.25, -0.2) is 4.98 Å². The fraction of sp³-hybridized carbons (Fsp3) is 0.0588. The first-order valence-electron chi connectivity index (χ1n) is 7.78. The lowest BCUT2D eigenvalue weighted by Crippen LogP contribution is -2.15. The summed E-state index contributed by atoms with van der Waals surface area (Å²) < 4.78 is 0. The number of rotatable bonds is 5. The second kappa shape index (κ2) is 7.19. The average molecular weight is 363 g/mol. The third-order valence-electron chi connectivity index (χ3n) is 3.56. The van der Waals surface area contributed by atoms with Gasteiger partial charge in [0.25, 0.3) is 0 Å². The second-order valence-corrected chi connectivity index (χ2v) is 6.22. The first-order valence-corrected chi connectivity index (χ1v) is 8.66. The molecule has 26 heavy (non-hydrogen) atoms. The van der Waals surface area contributed by atoms with Crippen LogP contribution in [0.5, 0.6) is 0 Å². The number of thiazole rings is 1. The van der Waals surface area contributed by atoms with Crippen molar-refractivity contribution in [2.45, 2.75) is 6.42 Å². The largest absolute Gasteiger partial charge is 0.325 e. The van der Waals surface area contributed by atoms with Crippen molar-refractivity contribution < 1.29 is 4.79 Å². The summed E-state index contributed by atoms with van der Waals surface area (Å²) in [5, 5.41) is 19.4. The number of carbonyl (C=O) groups excluding carboxylic acids is 1. The summed E-state index contributed by atoms with van der Waals surface area (Å²) in [4.78, 5) is 21.2. The van der Waals surface area contributed by atoms with E-state index >= 15 is 0 Å². The van der Waals surface area contributed by atoms with Gasteiger partial charge in [0, 0.05) is 17.1 Å². The van der Waals surface area contributed by atoms with Gasteiger partial charge in [0.2, 0.25) is 11.7 Å². The SMILES string of the molecule is O=C(Cc1csc(-c2ccccn2)n1)Nc1ccccc1-c1nn[nH]n1. The maximum atomic E-state index is 12.4. The summed E-state index contributed by atoms with van der Waals surface area (Å²) in [5.74, 6) is 0.255. The number of tetrazole rings is 1. The molecule has 9 heteroatoms. The molecular weight excluding hydrogens is 350 g/mol. The Kier molecular flexibility index (Phi) is 4.44. The number of hydrogen-bond donors (Lipinski definition) is 2. The van der Waals surface area contributed by atoms with Crippen LogP contribution in [-0.4, -0.2) is 36.5 Å². The predicted molar refractivity (Wildman–Crippen MR) is 97.3 cm³/mol. The first-order chi connectivity index (χ1) is 12.8. The number of anilines is 1. The summed E-state index contributed by atoms with van der Waals surface area (Å²) in [7, 11) is 0. The van der Waals surface area contributed by atoms with Crippen molar-refractivity contribution in [3.05, 3.63) is 59.7 Å². The van der Waals surface area contributed by atoms with E-state index in [0.717, 1.165) is 10.7 Å². The number of para-hydroxylation sites is 1. The Hall–Kier alpha value is -3.46. The van der Waals surface area contributed by atoms with Gasteiger partial charge >= 0.3 is 0 Å². The van der Waals surface area contributed by atoms with E-state index in [0.29, 0.717) is 22.8 Å². The molecule has 0 aliphatic carbocycles. The highest BCUT2D eigenvalue weighted by Gasteiger charge is 2.13. The Balaban J connectivity index is 1.48. The highest BCUT2D eigenvalue weighted by Crippen LogP contribution is 2.25. The fourth-order valence-corrected chi connectivity index (χ4v) is 3.21. The summed E-state index contributed by atoms with van der Waals surface area (Å²) in [6, 6.07) is 13.0. The Labute approximate surface area is 152 Å². The third-order valence-corrected chi connectivity index (χ3v) is 4.48. The number of benzene rings is 1. The molecule has 8 nitrogen and oxygen atoms in total. The number of hydrogen-bond acceptors (Lipinski definition) is 7. The molecular formula is C17H13N7OS. The van der Waals surface area contributed by atoms with Crippen LogP contribution >= 0.6 is 11.3 Å². The minimum atomic E-state index is -0.168. The lowest BCUT2D eigenvalue weighted by atomic mass is 10.1. The van der Waals surface area contributed by atoms with Crippen molar-refractivity contribution in [2.75, 3.05) is 5.32 Å². The van der Waals surface area contributed by atoms with Crippen LogP contribution in [0.15, 0.2) is 54.0 Å². The molecule has 0 fully saturated rings. The molecule has 0 atom stereocenters. The molecule has 128 valence electrons. The Morgan fingerprint density at radius 2 is 2.04 bits per heavy atom. The minimum absolute atomic E-state index is 0.168. The zero-order chi connectivity index (χ0) is 17.8. The van der Waals surface area contributed by atoms with Gasteiger partial charge in [-0.15, -0.1) is 21.5 Å². The van der Waals surface area contributed by atoms with Crippen molar-refractivity contribution in [2.24, 2.45) is 0 Å². The molecule has 0 radical (unpaired) electrons. The molecule has 0 saturated carbocycles. The average Bonchev–Trinajstić information content (AvgIpc) is 3.35. The van der Waals surface area contributed by atoms with E-state index in [-0.39, 0.29) is 12.3 Å². The Bertz CT molecular complexity index is 1010. The van der Waals surface area contributed by atoms with Crippen LogP contribution in [0.3, 0.4) is 0 Å². The van der Waals surface area contributed by atoms with Crippen LogP contribution in [0.2, 0.25) is 0 Å². The van der Waals surface area contributed by atoms with Crippen LogP contribution in [0.25, 0.3) is 22.1 Å². The van der Waals surface area contributed by atoms with Crippen LogP contribution in [-0.2, 0) is 11.2 Å². The smallest absolute Gasteiger partial charge is 0.230 e. The van der Waals surface area contributed by atoms with E-state index in [1.807, 2.05) is 41.8 Å². The molecule has 0 spiro atoms. The zero-order valence-electron chi connectivity index (χ0n) is 13.5. The quantitative estimate of drug-likeness (QED) is 0.564. The van der Waals surface area contributed by atoms with Crippen LogP contribution < -0.4 is 5.32 Å². The van der Waals surface area contributed by atoms with Crippen LogP contribution in [0.1, 0.15) is 5.69 Å². The number of carbonyl (C=O) groups is 1. The number of aromatic amines is 1. The van der Waals surface area contributed by atoms with E-state index in [4.69, 9.17) is 0 Å². The van der Waals surface area contributed by atoms with Crippen molar-refractivity contribution >= 4 is 22.9 Å². The Morgan fingerprint density at radius 1 is 1.15 bits per heavy atom. The molecule has 4 aromatic rings. The lowest BCUT2D eigenvalue weighted by Gasteiger charge is -2.07. The van der Waals surface area contributed by atoms with Gasteiger partial charge in [-0.05, 0) is 29.5 Å². The molecule has 1 aromatic carbocycles. The highest BCUT2D eigenvalue weighted by atomic mass is 32.1. The molecule has 3 heterocycles. The van der Waals surface area contributed by atoms with E-state index in [2.05, 4.69) is 35.9 Å².